The highest BCUT2D eigenvalue weighted by Gasteiger charge is 2.13. The maximum Gasteiger partial charge on any atom is 0.286 e. The molecule has 0 spiro atoms. The van der Waals surface area contributed by atoms with E-state index in [2.05, 4.69) is 17.2 Å². The number of benzene rings is 1. The normalized spacial score (nSPS) is 9.38. The van der Waals surface area contributed by atoms with Crippen LogP contribution in [0.5, 0.6) is 0 Å². The summed E-state index contributed by atoms with van der Waals surface area (Å²) in [5, 5.41) is 14.0. The number of nitro benzene ring substituents is 1. The summed E-state index contributed by atoms with van der Waals surface area (Å²) in [4.78, 5) is 10.3. The zero-order valence-corrected chi connectivity index (χ0v) is 9.54. The Morgan fingerprint density at radius 2 is 2.31 bits per heavy atom. The van der Waals surface area contributed by atoms with Gasteiger partial charge in [-0.25, -0.2) is 0 Å². The summed E-state index contributed by atoms with van der Waals surface area (Å²) in [7, 11) is 1.82. The quantitative estimate of drug-likeness (QED) is 0.380. The largest absolute Gasteiger partial charge is 0.319 e. The fraction of sp³-hybridized carbons (Fsp3) is 0.273. The predicted molar refractivity (Wildman–Crippen MR) is 63.5 cm³/mol. The van der Waals surface area contributed by atoms with Crippen molar-refractivity contribution in [3.63, 3.8) is 0 Å². The predicted octanol–water partition coefficient (Wildman–Crippen LogP) is 2.21. The van der Waals surface area contributed by atoms with Crippen LogP contribution >= 0.6 is 11.6 Å². The Bertz CT molecular complexity index is 449. The Hall–Kier alpha value is -1.57. The van der Waals surface area contributed by atoms with Crippen molar-refractivity contribution >= 4 is 17.3 Å². The van der Waals surface area contributed by atoms with Gasteiger partial charge in [-0.15, -0.1) is 0 Å². The van der Waals surface area contributed by atoms with Crippen molar-refractivity contribution in [3.8, 4) is 11.8 Å². The van der Waals surface area contributed by atoms with Gasteiger partial charge in [-0.3, -0.25) is 10.1 Å². The molecule has 1 N–H and O–H groups in total. The molecular weight excluding hydrogens is 228 g/mol. The van der Waals surface area contributed by atoms with E-state index in [9.17, 15) is 10.1 Å². The minimum Gasteiger partial charge on any atom is -0.319 e. The number of nitro groups is 1. The highest BCUT2D eigenvalue weighted by molar-refractivity contribution is 6.32. The Balaban J connectivity index is 3.00. The molecule has 1 aromatic rings. The Kier molecular flexibility index (Phi) is 4.77. The second-order valence-electron chi connectivity index (χ2n) is 3.05. The Morgan fingerprint density at radius 1 is 1.56 bits per heavy atom. The molecule has 0 amide bonds. The molecule has 0 saturated carbocycles. The minimum absolute atomic E-state index is 0.0514. The molecule has 5 heteroatoms. The highest BCUT2D eigenvalue weighted by atomic mass is 35.5. The topological polar surface area (TPSA) is 55.2 Å². The summed E-state index contributed by atoms with van der Waals surface area (Å²) < 4.78 is 0. The Labute approximate surface area is 98.8 Å². The second kappa shape index (κ2) is 6.11. The fourth-order valence-electron chi connectivity index (χ4n) is 1.13. The monoisotopic (exact) mass is 238 g/mol. The summed E-state index contributed by atoms with van der Waals surface area (Å²) in [5.41, 5.74) is 0.231. The van der Waals surface area contributed by atoms with Crippen LogP contribution in [0.1, 0.15) is 12.0 Å². The molecule has 16 heavy (non-hydrogen) atoms. The van der Waals surface area contributed by atoms with E-state index in [1.54, 1.807) is 12.1 Å². The minimum atomic E-state index is -0.478. The maximum atomic E-state index is 10.7. The summed E-state index contributed by atoms with van der Waals surface area (Å²) in [6.07, 6.45) is 0.624. The summed E-state index contributed by atoms with van der Waals surface area (Å²) in [6, 6.07) is 4.53. The van der Waals surface area contributed by atoms with Crippen molar-refractivity contribution in [3.05, 3.63) is 38.9 Å². The lowest BCUT2D eigenvalue weighted by Crippen LogP contribution is -2.05. The van der Waals surface area contributed by atoms with Crippen molar-refractivity contribution in [2.45, 2.75) is 6.42 Å². The average molecular weight is 239 g/mol. The number of halogens is 1. The van der Waals surface area contributed by atoms with E-state index >= 15 is 0 Å². The molecule has 0 fully saturated rings. The molecule has 0 saturated heterocycles. The van der Waals surface area contributed by atoms with E-state index in [1.807, 2.05) is 7.05 Å². The van der Waals surface area contributed by atoms with Crippen LogP contribution in [0.4, 0.5) is 5.69 Å². The Morgan fingerprint density at radius 3 is 2.94 bits per heavy atom. The third-order valence-electron chi connectivity index (χ3n) is 1.90. The first-order chi connectivity index (χ1) is 7.66. The van der Waals surface area contributed by atoms with Gasteiger partial charge in [0.05, 0.1) is 9.95 Å². The van der Waals surface area contributed by atoms with Crippen molar-refractivity contribution < 1.29 is 4.92 Å². The molecule has 1 aromatic carbocycles. The SMILES string of the molecule is CNCCC#Cc1c(Cl)cccc1[N+](=O)[O-]. The van der Waals surface area contributed by atoms with Crippen LogP contribution in [0.2, 0.25) is 5.02 Å². The third-order valence-corrected chi connectivity index (χ3v) is 2.22. The fourth-order valence-corrected chi connectivity index (χ4v) is 1.34. The molecule has 0 aromatic heterocycles. The van der Waals surface area contributed by atoms with Gasteiger partial charge in [0.15, 0.2) is 0 Å². The van der Waals surface area contributed by atoms with Crippen LogP contribution < -0.4 is 5.32 Å². The zero-order chi connectivity index (χ0) is 12.0. The average Bonchev–Trinajstić information content (AvgIpc) is 2.25. The van der Waals surface area contributed by atoms with Crippen LogP contribution in [0.25, 0.3) is 0 Å². The molecule has 1 rings (SSSR count). The molecule has 0 aliphatic carbocycles. The molecule has 0 heterocycles. The van der Waals surface area contributed by atoms with Crippen LogP contribution in [0.15, 0.2) is 18.2 Å². The van der Waals surface area contributed by atoms with Crippen molar-refractivity contribution in [1.82, 2.24) is 5.32 Å². The van der Waals surface area contributed by atoms with Gasteiger partial charge in [-0.1, -0.05) is 29.5 Å². The van der Waals surface area contributed by atoms with Gasteiger partial charge in [0, 0.05) is 19.0 Å². The number of nitrogens with one attached hydrogen (secondary N) is 1. The molecule has 0 atom stereocenters. The number of hydrogen-bond acceptors (Lipinski definition) is 3. The first kappa shape index (κ1) is 12.5. The first-order valence-electron chi connectivity index (χ1n) is 4.73. The van der Waals surface area contributed by atoms with Gasteiger partial charge in [-0.2, -0.15) is 0 Å². The number of nitrogens with zero attached hydrogens (tertiary/aromatic N) is 1. The van der Waals surface area contributed by atoms with Crippen molar-refractivity contribution in [1.29, 1.82) is 0 Å². The molecule has 0 radical (unpaired) electrons. The summed E-state index contributed by atoms with van der Waals surface area (Å²) in [5.74, 6) is 5.57. The summed E-state index contributed by atoms with van der Waals surface area (Å²) in [6.45, 7) is 0.741. The van der Waals surface area contributed by atoms with Gasteiger partial charge in [0.25, 0.3) is 5.69 Å². The van der Waals surface area contributed by atoms with Gasteiger partial charge in [0.1, 0.15) is 5.56 Å². The lowest BCUT2D eigenvalue weighted by molar-refractivity contribution is -0.385. The zero-order valence-electron chi connectivity index (χ0n) is 8.79. The molecule has 84 valence electrons. The molecule has 0 bridgehead atoms. The van der Waals surface area contributed by atoms with Crippen LogP contribution in [-0.4, -0.2) is 18.5 Å². The lowest BCUT2D eigenvalue weighted by atomic mass is 10.2. The van der Waals surface area contributed by atoms with Crippen molar-refractivity contribution in [2.75, 3.05) is 13.6 Å². The molecule has 0 aliphatic heterocycles. The molecular formula is C11H11ClN2O2. The van der Waals surface area contributed by atoms with E-state index < -0.39 is 4.92 Å². The molecule has 0 aliphatic rings. The van der Waals surface area contributed by atoms with E-state index in [1.165, 1.54) is 6.07 Å². The maximum absolute atomic E-state index is 10.7. The number of rotatable bonds is 3. The lowest BCUT2D eigenvalue weighted by Gasteiger charge is -1.97. The van der Waals surface area contributed by atoms with Gasteiger partial charge >= 0.3 is 0 Å². The van der Waals surface area contributed by atoms with Crippen LogP contribution in [-0.2, 0) is 0 Å². The smallest absolute Gasteiger partial charge is 0.286 e. The van der Waals surface area contributed by atoms with E-state index in [-0.39, 0.29) is 11.3 Å². The van der Waals surface area contributed by atoms with Crippen LogP contribution in [0.3, 0.4) is 0 Å². The van der Waals surface area contributed by atoms with Crippen molar-refractivity contribution in [2.24, 2.45) is 0 Å². The highest BCUT2D eigenvalue weighted by Crippen LogP contribution is 2.24. The molecule has 4 nitrogen and oxygen atoms in total. The van der Waals surface area contributed by atoms with E-state index in [0.717, 1.165) is 6.54 Å². The summed E-state index contributed by atoms with van der Waals surface area (Å²) >= 11 is 5.86. The standard InChI is InChI=1S/C11H11ClN2O2/c1-13-8-3-2-5-9-10(12)6-4-7-11(9)14(15)16/h4,6-7,13H,3,8H2,1H3. The molecule has 0 unspecified atom stereocenters. The van der Waals surface area contributed by atoms with Gasteiger partial charge in [0.2, 0.25) is 0 Å². The van der Waals surface area contributed by atoms with E-state index in [0.29, 0.717) is 11.4 Å². The van der Waals surface area contributed by atoms with E-state index in [4.69, 9.17) is 11.6 Å². The van der Waals surface area contributed by atoms with Crippen LogP contribution in [0, 0.1) is 22.0 Å². The number of hydrogen-bond donors (Lipinski definition) is 1. The van der Waals surface area contributed by atoms with Gasteiger partial charge in [-0.05, 0) is 13.1 Å². The first-order valence-corrected chi connectivity index (χ1v) is 5.11. The third kappa shape index (κ3) is 3.23. The second-order valence-corrected chi connectivity index (χ2v) is 3.45. The van der Waals surface area contributed by atoms with Gasteiger partial charge < -0.3 is 5.32 Å².